The quantitative estimate of drug-likeness (QED) is 0.630. The van der Waals surface area contributed by atoms with Gasteiger partial charge < -0.3 is 4.74 Å². The van der Waals surface area contributed by atoms with Crippen molar-refractivity contribution in [3.8, 4) is 17.1 Å². The fourth-order valence-electron chi connectivity index (χ4n) is 1.64. The van der Waals surface area contributed by atoms with Crippen LogP contribution in [-0.4, -0.2) is 23.4 Å². The molecule has 0 aromatic carbocycles. The van der Waals surface area contributed by atoms with Crippen molar-refractivity contribution in [2.75, 3.05) is 7.11 Å². The van der Waals surface area contributed by atoms with E-state index in [1.54, 1.807) is 18.3 Å². The summed E-state index contributed by atoms with van der Waals surface area (Å²) >= 11 is 5.97. The Morgan fingerprint density at radius 2 is 2.11 bits per heavy atom. The molecule has 4 nitrogen and oxygen atoms in total. The number of rotatable bonds is 3. The number of carbonyl (C=O) groups excluding carboxylic acids is 1. The first kappa shape index (κ1) is 12.5. The Morgan fingerprint density at radius 3 is 2.78 bits per heavy atom. The lowest BCUT2D eigenvalue weighted by molar-refractivity contribution is 0.112. The Bertz CT molecular complexity index is 600. The van der Waals surface area contributed by atoms with E-state index in [2.05, 4.69) is 9.97 Å². The highest BCUT2D eigenvalue weighted by atomic mass is 35.5. The monoisotopic (exact) mass is 262 g/mol. The van der Waals surface area contributed by atoms with Crippen molar-refractivity contribution in [1.82, 2.24) is 9.97 Å². The molecule has 0 unspecified atom stereocenters. The Labute approximate surface area is 110 Å². The van der Waals surface area contributed by atoms with E-state index in [0.29, 0.717) is 28.6 Å². The first-order valence-electron chi connectivity index (χ1n) is 5.29. The molecule has 0 radical (unpaired) electrons. The zero-order valence-electron chi connectivity index (χ0n) is 9.98. The highest BCUT2D eigenvalue weighted by Gasteiger charge is 2.10. The van der Waals surface area contributed by atoms with E-state index in [-0.39, 0.29) is 0 Å². The molecular formula is C13H11ClN2O2. The highest BCUT2D eigenvalue weighted by molar-refractivity contribution is 6.30. The van der Waals surface area contributed by atoms with Gasteiger partial charge in [-0.25, -0.2) is 9.97 Å². The Hall–Kier alpha value is -1.94. The smallest absolute Gasteiger partial charge is 0.224 e. The van der Waals surface area contributed by atoms with Gasteiger partial charge in [-0.05, 0) is 30.7 Å². The lowest BCUT2D eigenvalue weighted by Gasteiger charge is -2.08. The van der Waals surface area contributed by atoms with E-state index in [0.717, 1.165) is 11.1 Å². The molecule has 0 fully saturated rings. The van der Waals surface area contributed by atoms with Crippen molar-refractivity contribution in [2.24, 2.45) is 0 Å². The number of carbonyl (C=O) groups is 1. The van der Waals surface area contributed by atoms with Crippen LogP contribution in [0.15, 0.2) is 24.4 Å². The van der Waals surface area contributed by atoms with Gasteiger partial charge in [-0.2, -0.15) is 0 Å². The topological polar surface area (TPSA) is 52.1 Å². The number of ether oxygens (including phenoxy) is 1. The Balaban J connectivity index is 2.58. The van der Waals surface area contributed by atoms with Gasteiger partial charge in [0.2, 0.25) is 5.88 Å². The predicted molar refractivity (Wildman–Crippen MR) is 69.2 cm³/mol. The number of nitrogens with zero attached hydrogens (tertiary/aromatic N) is 2. The molecule has 2 aromatic rings. The maximum absolute atomic E-state index is 10.8. The zero-order chi connectivity index (χ0) is 13.1. The van der Waals surface area contributed by atoms with Crippen LogP contribution in [0.4, 0.5) is 0 Å². The van der Waals surface area contributed by atoms with Crippen LogP contribution in [0.2, 0.25) is 5.15 Å². The summed E-state index contributed by atoms with van der Waals surface area (Å²) in [4.78, 5) is 19.1. The summed E-state index contributed by atoms with van der Waals surface area (Å²) in [6, 6.07) is 5.25. The summed E-state index contributed by atoms with van der Waals surface area (Å²) < 4.78 is 5.08. The van der Waals surface area contributed by atoms with Crippen LogP contribution < -0.4 is 4.74 Å². The molecule has 0 N–H and O–H groups in total. The molecule has 2 aromatic heterocycles. The molecule has 0 amide bonds. The third-order valence-electron chi connectivity index (χ3n) is 2.63. The van der Waals surface area contributed by atoms with Crippen molar-refractivity contribution < 1.29 is 9.53 Å². The molecule has 2 rings (SSSR count). The molecule has 0 atom stereocenters. The molecule has 5 heteroatoms. The van der Waals surface area contributed by atoms with Crippen LogP contribution in [0, 0.1) is 6.92 Å². The molecular weight excluding hydrogens is 252 g/mol. The van der Waals surface area contributed by atoms with Crippen LogP contribution in [-0.2, 0) is 0 Å². The number of pyridine rings is 2. The molecule has 18 heavy (non-hydrogen) atoms. The van der Waals surface area contributed by atoms with E-state index in [9.17, 15) is 4.79 Å². The second-order valence-electron chi connectivity index (χ2n) is 3.69. The number of hydrogen-bond acceptors (Lipinski definition) is 4. The minimum absolute atomic E-state index is 0.301. The Kier molecular flexibility index (Phi) is 3.58. The predicted octanol–water partition coefficient (Wildman–Crippen LogP) is 2.93. The molecule has 92 valence electrons. The normalized spacial score (nSPS) is 10.2. The summed E-state index contributed by atoms with van der Waals surface area (Å²) in [5.41, 5.74) is 2.82. The van der Waals surface area contributed by atoms with Crippen LogP contribution in [0.3, 0.4) is 0 Å². The van der Waals surface area contributed by atoms with Gasteiger partial charge in [0.15, 0.2) is 6.29 Å². The summed E-state index contributed by atoms with van der Waals surface area (Å²) in [6.45, 7) is 1.87. The number of methoxy groups -OCH3 is 1. The van der Waals surface area contributed by atoms with Gasteiger partial charge >= 0.3 is 0 Å². The first-order chi connectivity index (χ1) is 8.67. The van der Waals surface area contributed by atoms with Crippen molar-refractivity contribution in [2.45, 2.75) is 6.92 Å². The summed E-state index contributed by atoms with van der Waals surface area (Å²) in [5.74, 6) is 0.301. The maximum Gasteiger partial charge on any atom is 0.224 e. The average molecular weight is 263 g/mol. The zero-order valence-corrected chi connectivity index (χ0v) is 10.7. The number of halogens is 1. The first-order valence-corrected chi connectivity index (χ1v) is 5.67. The lowest BCUT2D eigenvalue weighted by Crippen LogP contribution is -1.97. The van der Waals surface area contributed by atoms with Gasteiger partial charge in [0.25, 0.3) is 0 Å². The molecule has 0 saturated carbocycles. The van der Waals surface area contributed by atoms with Gasteiger partial charge in [-0.3, -0.25) is 4.79 Å². The molecule has 2 heterocycles. The third-order valence-corrected chi connectivity index (χ3v) is 3.01. The van der Waals surface area contributed by atoms with Crippen LogP contribution in [0.1, 0.15) is 15.9 Å². The Morgan fingerprint density at radius 1 is 1.33 bits per heavy atom. The van der Waals surface area contributed by atoms with E-state index < -0.39 is 0 Å². The van der Waals surface area contributed by atoms with Crippen molar-refractivity contribution in [1.29, 1.82) is 0 Å². The fraction of sp³-hybridized carbons (Fsp3) is 0.154. The number of aldehydes is 1. The summed E-state index contributed by atoms with van der Waals surface area (Å²) in [5, 5.41) is 0.438. The van der Waals surface area contributed by atoms with Crippen LogP contribution >= 0.6 is 11.6 Å². The summed E-state index contributed by atoms with van der Waals surface area (Å²) in [7, 11) is 1.48. The minimum Gasteiger partial charge on any atom is -0.480 e. The minimum atomic E-state index is 0.301. The molecule has 0 aliphatic rings. The van der Waals surface area contributed by atoms with E-state index in [1.165, 1.54) is 7.11 Å². The standard InChI is InChI=1S/C13H11ClN2O2/c1-8-10(5-6-15-12(8)14)11-4-3-9(7-17)13(16-11)18-2/h3-7H,1-2H3. The van der Waals surface area contributed by atoms with Gasteiger partial charge in [0.1, 0.15) is 5.15 Å². The largest absolute Gasteiger partial charge is 0.480 e. The van der Waals surface area contributed by atoms with Gasteiger partial charge in [-0.15, -0.1) is 0 Å². The van der Waals surface area contributed by atoms with E-state index in [4.69, 9.17) is 16.3 Å². The van der Waals surface area contributed by atoms with Crippen LogP contribution in [0.5, 0.6) is 5.88 Å². The lowest BCUT2D eigenvalue weighted by atomic mass is 10.1. The van der Waals surface area contributed by atoms with E-state index >= 15 is 0 Å². The highest BCUT2D eigenvalue weighted by Crippen LogP contribution is 2.27. The van der Waals surface area contributed by atoms with Crippen molar-refractivity contribution in [3.05, 3.63) is 40.7 Å². The second-order valence-corrected chi connectivity index (χ2v) is 4.05. The van der Waals surface area contributed by atoms with Crippen molar-refractivity contribution >= 4 is 17.9 Å². The fourth-order valence-corrected chi connectivity index (χ4v) is 1.80. The molecule has 0 saturated heterocycles. The second kappa shape index (κ2) is 5.14. The van der Waals surface area contributed by atoms with E-state index in [1.807, 2.05) is 13.0 Å². The summed E-state index contributed by atoms with van der Waals surface area (Å²) in [6.07, 6.45) is 2.33. The molecule has 0 aliphatic carbocycles. The van der Waals surface area contributed by atoms with Gasteiger partial charge in [0.05, 0.1) is 18.4 Å². The molecule has 0 aliphatic heterocycles. The average Bonchev–Trinajstić information content (AvgIpc) is 2.41. The molecule has 0 spiro atoms. The number of hydrogen-bond donors (Lipinski definition) is 0. The molecule has 0 bridgehead atoms. The van der Waals surface area contributed by atoms with Gasteiger partial charge in [-0.1, -0.05) is 11.6 Å². The number of aromatic nitrogens is 2. The van der Waals surface area contributed by atoms with Crippen LogP contribution in [0.25, 0.3) is 11.3 Å². The third kappa shape index (κ3) is 2.19. The SMILES string of the molecule is COc1nc(-c2ccnc(Cl)c2C)ccc1C=O. The van der Waals surface area contributed by atoms with Crippen molar-refractivity contribution in [3.63, 3.8) is 0 Å². The maximum atomic E-state index is 10.8. The van der Waals surface area contributed by atoms with Gasteiger partial charge in [0, 0.05) is 11.8 Å².